The minimum atomic E-state index is -0.860. The molecule has 0 amide bonds. The van der Waals surface area contributed by atoms with Crippen molar-refractivity contribution in [2.45, 2.75) is 16.6 Å². The number of hydrogen-bond acceptors (Lipinski definition) is 4. The second-order valence-electron chi connectivity index (χ2n) is 4.05. The number of aliphatic carboxylic acids is 1. The zero-order valence-corrected chi connectivity index (χ0v) is 10.5. The van der Waals surface area contributed by atoms with E-state index in [0.29, 0.717) is 5.75 Å². The second-order valence-corrected chi connectivity index (χ2v) is 5.47. The van der Waals surface area contributed by atoms with Gasteiger partial charge in [-0.05, 0) is 24.6 Å². The molecule has 0 unspecified atom stereocenters. The summed E-state index contributed by atoms with van der Waals surface area (Å²) in [5.74, 6) is -0.134. The van der Waals surface area contributed by atoms with E-state index in [1.54, 1.807) is 7.11 Å². The highest BCUT2D eigenvalue weighted by Crippen LogP contribution is 2.43. The number of methoxy groups -OCH3 is 1. The first-order valence-electron chi connectivity index (χ1n) is 5.22. The Morgan fingerprint density at radius 2 is 2.24 bits per heavy atom. The third kappa shape index (κ3) is 2.25. The van der Waals surface area contributed by atoms with Crippen LogP contribution in [0.5, 0.6) is 5.75 Å². The molecular formula is C12H14O4S. The van der Waals surface area contributed by atoms with Crippen molar-refractivity contribution >= 4 is 17.7 Å². The highest BCUT2D eigenvalue weighted by molar-refractivity contribution is 8.01. The Morgan fingerprint density at radius 3 is 2.71 bits per heavy atom. The van der Waals surface area contributed by atoms with Crippen molar-refractivity contribution in [1.82, 2.24) is 0 Å². The first kappa shape index (κ1) is 12.3. The molecule has 0 saturated carbocycles. The Bertz CT molecular complexity index is 440. The molecule has 0 atom stereocenters. The summed E-state index contributed by atoms with van der Waals surface area (Å²) in [5, 5.41) is 9.24. The maximum atomic E-state index is 11.3. The zero-order chi connectivity index (χ0) is 12.5. The number of rotatable bonds is 4. The van der Waals surface area contributed by atoms with Gasteiger partial charge in [0.15, 0.2) is 4.75 Å². The van der Waals surface area contributed by atoms with Crippen LogP contribution < -0.4 is 4.74 Å². The average molecular weight is 254 g/mol. The van der Waals surface area contributed by atoms with Crippen LogP contribution >= 0.6 is 11.8 Å². The fourth-order valence-electron chi connectivity index (χ4n) is 1.59. The van der Waals surface area contributed by atoms with Crippen molar-refractivity contribution < 1.29 is 19.4 Å². The van der Waals surface area contributed by atoms with Crippen LogP contribution in [0.25, 0.3) is 0 Å². The maximum Gasteiger partial charge on any atom is 0.324 e. The Labute approximate surface area is 104 Å². The summed E-state index contributed by atoms with van der Waals surface area (Å²) in [6, 6.07) is 5.73. The molecule has 1 aliphatic rings. The molecule has 0 bridgehead atoms. The number of carboxylic acid groups (broad SMARTS) is 1. The number of carbonyl (C=O) groups is 1. The Hall–Kier alpha value is -1.20. The summed E-state index contributed by atoms with van der Waals surface area (Å²) in [6.45, 7) is 2.45. The molecule has 0 aromatic heterocycles. The van der Waals surface area contributed by atoms with Crippen molar-refractivity contribution in [3.8, 4) is 5.75 Å². The van der Waals surface area contributed by atoms with Crippen molar-refractivity contribution in [2.75, 3.05) is 20.3 Å². The molecule has 1 heterocycles. The maximum absolute atomic E-state index is 11.3. The molecule has 1 saturated heterocycles. The van der Waals surface area contributed by atoms with Gasteiger partial charge >= 0.3 is 5.97 Å². The highest BCUT2D eigenvalue weighted by Gasteiger charge is 2.47. The topological polar surface area (TPSA) is 55.8 Å². The fourth-order valence-corrected chi connectivity index (χ4v) is 2.88. The summed E-state index contributed by atoms with van der Waals surface area (Å²) >= 11 is 1.30. The van der Waals surface area contributed by atoms with E-state index in [9.17, 15) is 9.90 Å². The lowest BCUT2D eigenvalue weighted by molar-refractivity contribution is -0.151. The van der Waals surface area contributed by atoms with E-state index in [1.807, 2.05) is 25.1 Å². The van der Waals surface area contributed by atoms with E-state index in [0.717, 1.165) is 10.5 Å². The molecule has 17 heavy (non-hydrogen) atoms. The molecule has 1 aliphatic heterocycles. The smallest absolute Gasteiger partial charge is 0.324 e. The van der Waals surface area contributed by atoms with Gasteiger partial charge in [-0.3, -0.25) is 4.79 Å². The lowest BCUT2D eigenvalue weighted by atomic mass is 10.1. The molecule has 92 valence electrons. The van der Waals surface area contributed by atoms with Gasteiger partial charge in [-0.15, -0.1) is 0 Å². The SMILES string of the molecule is COc1ccc(C)cc1SC1(C(=O)O)COC1. The van der Waals surface area contributed by atoms with Gasteiger partial charge in [0.25, 0.3) is 0 Å². The van der Waals surface area contributed by atoms with Crippen LogP contribution in [0.3, 0.4) is 0 Å². The normalized spacial score (nSPS) is 17.3. The first-order valence-corrected chi connectivity index (χ1v) is 6.04. The Balaban J connectivity index is 2.28. The van der Waals surface area contributed by atoms with E-state index >= 15 is 0 Å². The zero-order valence-electron chi connectivity index (χ0n) is 9.73. The van der Waals surface area contributed by atoms with Gasteiger partial charge < -0.3 is 14.6 Å². The molecule has 0 spiro atoms. The average Bonchev–Trinajstić information content (AvgIpc) is 2.23. The minimum absolute atomic E-state index is 0.240. The predicted octanol–water partition coefficient (Wildman–Crippen LogP) is 1.95. The van der Waals surface area contributed by atoms with Gasteiger partial charge in [-0.1, -0.05) is 17.8 Å². The molecule has 1 aromatic rings. The van der Waals surface area contributed by atoms with Crippen LogP contribution in [0, 0.1) is 6.92 Å². The quantitative estimate of drug-likeness (QED) is 0.890. The van der Waals surface area contributed by atoms with Crippen LogP contribution in [0.15, 0.2) is 23.1 Å². The molecule has 1 fully saturated rings. The molecule has 0 radical (unpaired) electrons. The summed E-state index contributed by atoms with van der Waals surface area (Å²) in [4.78, 5) is 12.1. The molecule has 2 rings (SSSR count). The number of aryl methyl sites for hydroxylation is 1. The molecule has 0 aliphatic carbocycles. The lowest BCUT2D eigenvalue weighted by Crippen LogP contribution is -2.53. The summed E-state index contributed by atoms with van der Waals surface area (Å²) in [5.41, 5.74) is 1.08. The van der Waals surface area contributed by atoms with Crippen molar-refractivity contribution in [3.05, 3.63) is 23.8 Å². The van der Waals surface area contributed by atoms with Crippen LogP contribution in [0.1, 0.15) is 5.56 Å². The van der Waals surface area contributed by atoms with Crippen LogP contribution in [-0.4, -0.2) is 36.1 Å². The van der Waals surface area contributed by atoms with Crippen LogP contribution in [0.4, 0.5) is 0 Å². The van der Waals surface area contributed by atoms with Gasteiger partial charge in [0.2, 0.25) is 0 Å². The fraction of sp³-hybridized carbons (Fsp3) is 0.417. The molecule has 5 heteroatoms. The van der Waals surface area contributed by atoms with E-state index in [4.69, 9.17) is 9.47 Å². The number of thioether (sulfide) groups is 1. The molecule has 4 nitrogen and oxygen atoms in total. The third-order valence-electron chi connectivity index (χ3n) is 2.68. The van der Waals surface area contributed by atoms with Gasteiger partial charge in [0.1, 0.15) is 5.75 Å². The number of hydrogen-bond donors (Lipinski definition) is 1. The largest absolute Gasteiger partial charge is 0.496 e. The predicted molar refractivity (Wildman–Crippen MR) is 64.8 cm³/mol. The number of ether oxygens (including phenoxy) is 2. The van der Waals surface area contributed by atoms with Crippen molar-refractivity contribution in [3.63, 3.8) is 0 Å². The van der Waals surface area contributed by atoms with Crippen LogP contribution in [-0.2, 0) is 9.53 Å². The van der Waals surface area contributed by atoms with E-state index in [2.05, 4.69) is 0 Å². The Kier molecular flexibility index (Phi) is 3.31. The van der Waals surface area contributed by atoms with Gasteiger partial charge in [-0.2, -0.15) is 0 Å². The van der Waals surface area contributed by atoms with Crippen molar-refractivity contribution in [2.24, 2.45) is 0 Å². The first-order chi connectivity index (χ1) is 8.07. The summed E-state index contributed by atoms with van der Waals surface area (Å²) in [6.07, 6.45) is 0. The summed E-state index contributed by atoms with van der Waals surface area (Å²) in [7, 11) is 1.58. The van der Waals surface area contributed by atoms with E-state index in [-0.39, 0.29) is 13.2 Å². The van der Waals surface area contributed by atoms with Gasteiger partial charge in [0.05, 0.1) is 25.2 Å². The molecule has 1 N–H and O–H groups in total. The second kappa shape index (κ2) is 4.58. The molecule has 1 aromatic carbocycles. The van der Waals surface area contributed by atoms with Gasteiger partial charge in [-0.25, -0.2) is 0 Å². The monoisotopic (exact) mass is 254 g/mol. The van der Waals surface area contributed by atoms with E-state index in [1.165, 1.54) is 11.8 Å². The molecular weight excluding hydrogens is 240 g/mol. The third-order valence-corrected chi connectivity index (χ3v) is 4.02. The Morgan fingerprint density at radius 1 is 1.53 bits per heavy atom. The lowest BCUT2D eigenvalue weighted by Gasteiger charge is -2.36. The standard InChI is InChI=1S/C12H14O4S/c1-8-3-4-9(15-2)10(5-8)17-12(11(13)14)6-16-7-12/h3-5H,6-7H2,1-2H3,(H,13,14). The van der Waals surface area contributed by atoms with Crippen LogP contribution in [0.2, 0.25) is 0 Å². The van der Waals surface area contributed by atoms with E-state index < -0.39 is 10.7 Å². The number of carboxylic acids is 1. The summed E-state index contributed by atoms with van der Waals surface area (Å²) < 4.78 is 9.41. The van der Waals surface area contributed by atoms with Crippen molar-refractivity contribution in [1.29, 1.82) is 0 Å². The van der Waals surface area contributed by atoms with Gasteiger partial charge in [0, 0.05) is 0 Å². The number of benzene rings is 1. The highest BCUT2D eigenvalue weighted by atomic mass is 32.2. The minimum Gasteiger partial charge on any atom is -0.496 e.